The molecule has 2 amide bonds. The number of hydrogen-bond donors (Lipinski definition) is 2. The summed E-state index contributed by atoms with van der Waals surface area (Å²) in [6.45, 7) is 14.5. The van der Waals surface area contributed by atoms with E-state index in [1.165, 1.54) is 6.92 Å². The molecule has 2 N–H and O–H groups in total. The van der Waals surface area contributed by atoms with Crippen LogP contribution < -0.4 is 5.32 Å². The van der Waals surface area contributed by atoms with Crippen LogP contribution in [0.2, 0.25) is 0 Å². The van der Waals surface area contributed by atoms with E-state index in [1.807, 2.05) is 27.7 Å². The van der Waals surface area contributed by atoms with Crippen LogP contribution in [0.25, 0.3) is 0 Å². The van der Waals surface area contributed by atoms with Gasteiger partial charge in [0.15, 0.2) is 0 Å². The lowest BCUT2D eigenvalue weighted by atomic mass is 9.95. The molecular formula is C24H43N3O4. The van der Waals surface area contributed by atoms with Gasteiger partial charge in [-0.1, -0.05) is 47.1 Å². The van der Waals surface area contributed by atoms with E-state index in [9.17, 15) is 19.5 Å². The van der Waals surface area contributed by atoms with Crippen molar-refractivity contribution in [1.82, 2.24) is 15.1 Å². The van der Waals surface area contributed by atoms with Gasteiger partial charge in [-0.05, 0) is 51.5 Å². The fourth-order valence-corrected chi connectivity index (χ4v) is 4.21. The quantitative estimate of drug-likeness (QED) is 0.512. The topological polar surface area (TPSA) is 90.0 Å². The highest BCUT2D eigenvalue weighted by molar-refractivity contribution is 5.90. The van der Waals surface area contributed by atoms with E-state index in [4.69, 9.17) is 0 Å². The third-order valence-corrected chi connectivity index (χ3v) is 6.47. The molecule has 178 valence electrons. The minimum absolute atomic E-state index is 0.0333. The lowest BCUT2D eigenvalue weighted by Gasteiger charge is -2.40. The molecule has 7 heteroatoms. The van der Waals surface area contributed by atoms with Crippen molar-refractivity contribution in [2.24, 2.45) is 11.8 Å². The highest BCUT2D eigenvalue weighted by Gasteiger charge is 2.36. The van der Waals surface area contributed by atoms with Crippen LogP contribution in [0.4, 0.5) is 0 Å². The Balaban J connectivity index is 3.06. The summed E-state index contributed by atoms with van der Waals surface area (Å²) in [5, 5.41) is 12.3. The average molecular weight is 438 g/mol. The normalized spacial score (nSPS) is 21.0. The molecule has 1 rings (SSSR count). The van der Waals surface area contributed by atoms with Gasteiger partial charge >= 0.3 is 5.97 Å². The zero-order chi connectivity index (χ0) is 23.9. The second-order valence-electron chi connectivity index (χ2n) is 9.58. The summed E-state index contributed by atoms with van der Waals surface area (Å²) in [7, 11) is 1.69. The Morgan fingerprint density at radius 1 is 1.13 bits per heavy atom. The second kappa shape index (κ2) is 12.2. The Hall–Kier alpha value is -1.89. The molecule has 0 radical (unpaired) electrons. The number of likely N-dealkylation sites (N-methyl/N-ethyl adjacent to an activating group) is 1. The van der Waals surface area contributed by atoms with E-state index >= 15 is 0 Å². The summed E-state index contributed by atoms with van der Waals surface area (Å²) in [4.78, 5) is 41.8. The smallest absolute Gasteiger partial charge is 0.331 e. The largest absolute Gasteiger partial charge is 0.478 e. The second-order valence-corrected chi connectivity index (χ2v) is 9.58. The van der Waals surface area contributed by atoms with Crippen molar-refractivity contribution in [2.75, 3.05) is 13.6 Å². The molecule has 0 aliphatic carbocycles. The van der Waals surface area contributed by atoms with Crippen molar-refractivity contribution in [3.8, 4) is 0 Å². The van der Waals surface area contributed by atoms with Gasteiger partial charge in [-0.15, -0.1) is 0 Å². The van der Waals surface area contributed by atoms with Gasteiger partial charge in [0, 0.05) is 18.7 Å². The maximum Gasteiger partial charge on any atom is 0.331 e. The lowest BCUT2D eigenvalue weighted by molar-refractivity contribution is -0.140. The zero-order valence-corrected chi connectivity index (χ0v) is 20.6. The van der Waals surface area contributed by atoms with Crippen LogP contribution in [0.1, 0.15) is 74.1 Å². The minimum atomic E-state index is -0.998. The van der Waals surface area contributed by atoms with Gasteiger partial charge in [-0.25, -0.2) is 4.79 Å². The SMILES string of the molecule is CCC(C)N1CCCCC1C(=O)NC(C(=O)N(C)[C@H](C=C(C)C(=O)O)C(C)C)C(C)C. The van der Waals surface area contributed by atoms with Crippen LogP contribution >= 0.6 is 0 Å². The van der Waals surface area contributed by atoms with Gasteiger partial charge in [-0.2, -0.15) is 0 Å². The van der Waals surface area contributed by atoms with Crippen LogP contribution in [0, 0.1) is 11.8 Å². The van der Waals surface area contributed by atoms with E-state index in [0.717, 1.165) is 32.2 Å². The molecule has 1 fully saturated rings. The first-order valence-electron chi connectivity index (χ1n) is 11.7. The van der Waals surface area contributed by atoms with Crippen molar-refractivity contribution in [3.63, 3.8) is 0 Å². The van der Waals surface area contributed by atoms with Gasteiger partial charge in [0.2, 0.25) is 11.8 Å². The van der Waals surface area contributed by atoms with Crippen molar-refractivity contribution in [1.29, 1.82) is 0 Å². The van der Waals surface area contributed by atoms with E-state index in [-0.39, 0.29) is 41.3 Å². The van der Waals surface area contributed by atoms with E-state index < -0.39 is 12.0 Å². The van der Waals surface area contributed by atoms with Crippen molar-refractivity contribution in [3.05, 3.63) is 11.6 Å². The molecule has 7 nitrogen and oxygen atoms in total. The standard InChI is InChI=1S/C24H43N3O4/c1-9-18(7)27-13-11-10-12-19(27)22(28)25-21(16(4)5)23(29)26(8)20(15(2)3)14-17(6)24(30)31/h14-16,18-21H,9-13H2,1-8H3,(H,25,28)(H,30,31)/t18?,19?,20-,21?/m1/s1. The Bertz CT molecular complexity index is 659. The summed E-state index contributed by atoms with van der Waals surface area (Å²) in [5.74, 6) is -1.33. The van der Waals surface area contributed by atoms with Crippen LogP contribution in [-0.2, 0) is 14.4 Å². The number of carboxylic acids is 1. The number of aliphatic carboxylic acids is 1. The molecule has 0 aromatic rings. The number of nitrogens with zero attached hydrogens (tertiary/aromatic N) is 2. The Morgan fingerprint density at radius 2 is 1.74 bits per heavy atom. The van der Waals surface area contributed by atoms with Crippen LogP contribution in [0.3, 0.4) is 0 Å². The van der Waals surface area contributed by atoms with Crippen LogP contribution in [0.15, 0.2) is 11.6 Å². The predicted molar refractivity (Wildman–Crippen MR) is 124 cm³/mol. The van der Waals surface area contributed by atoms with Gasteiger partial charge in [0.1, 0.15) is 6.04 Å². The third kappa shape index (κ3) is 7.34. The first-order valence-corrected chi connectivity index (χ1v) is 11.7. The van der Waals surface area contributed by atoms with Crippen LogP contribution in [0.5, 0.6) is 0 Å². The van der Waals surface area contributed by atoms with Gasteiger partial charge < -0.3 is 15.3 Å². The fraction of sp³-hybridized carbons (Fsp3) is 0.792. The highest BCUT2D eigenvalue weighted by atomic mass is 16.4. The first-order chi connectivity index (χ1) is 14.4. The number of amides is 2. The molecule has 0 spiro atoms. The number of piperidine rings is 1. The summed E-state index contributed by atoms with van der Waals surface area (Å²) in [6, 6.07) is -0.912. The number of hydrogen-bond acceptors (Lipinski definition) is 4. The molecule has 1 saturated heterocycles. The molecule has 0 bridgehead atoms. The summed E-state index contributed by atoms with van der Waals surface area (Å²) in [5.41, 5.74) is 0.204. The molecule has 1 aliphatic rings. The van der Waals surface area contributed by atoms with E-state index in [1.54, 1.807) is 18.0 Å². The van der Waals surface area contributed by atoms with Crippen molar-refractivity contribution < 1.29 is 19.5 Å². The Labute approximate surface area is 188 Å². The molecule has 3 unspecified atom stereocenters. The summed E-state index contributed by atoms with van der Waals surface area (Å²) < 4.78 is 0. The third-order valence-electron chi connectivity index (χ3n) is 6.47. The number of carbonyl (C=O) groups is 3. The lowest BCUT2D eigenvalue weighted by Crippen LogP contribution is -2.59. The summed E-state index contributed by atoms with van der Waals surface area (Å²) in [6.07, 6.45) is 5.51. The van der Waals surface area contributed by atoms with Gasteiger partial charge in [-0.3, -0.25) is 14.5 Å². The predicted octanol–water partition coefficient (Wildman–Crippen LogP) is 3.29. The first kappa shape index (κ1) is 27.1. The molecule has 31 heavy (non-hydrogen) atoms. The molecule has 0 aromatic carbocycles. The monoisotopic (exact) mass is 437 g/mol. The maximum atomic E-state index is 13.4. The molecule has 0 aromatic heterocycles. The number of rotatable bonds is 10. The van der Waals surface area contributed by atoms with Crippen LogP contribution in [-0.4, -0.2) is 70.4 Å². The van der Waals surface area contributed by atoms with E-state index in [0.29, 0.717) is 6.04 Å². The average Bonchev–Trinajstić information content (AvgIpc) is 2.73. The number of likely N-dealkylation sites (tertiary alicyclic amines) is 1. The summed E-state index contributed by atoms with van der Waals surface area (Å²) >= 11 is 0. The zero-order valence-electron chi connectivity index (χ0n) is 20.6. The Morgan fingerprint density at radius 3 is 2.23 bits per heavy atom. The molecule has 4 atom stereocenters. The number of carboxylic acid groups (broad SMARTS) is 1. The fourth-order valence-electron chi connectivity index (χ4n) is 4.21. The number of nitrogens with one attached hydrogen (secondary N) is 1. The molecule has 1 aliphatic heterocycles. The van der Waals surface area contributed by atoms with E-state index in [2.05, 4.69) is 24.1 Å². The maximum absolute atomic E-state index is 13.4. The molecular weight excluding hydrogens is 394 g/mol. The number of carbonyl (C=O) groups excluding carboxylic acids is 2. The molecule has 1 heterocycles. The molecule has 0 saturated carbocycles. The van der Waals surface area contributed by atoms with Gasteiger partial charge in [0.05, 0.1) is 12.1 Å². The van der Waals surface area contributed by atoms with Gasteiger partial charge in [0.25, 0.3) is 0 Å². The van der Waals surface area contributed by atoms with Crippen molar-refractivity contribution in [2.45, 2.75) is 98.3 Å². The Kier molecular flexibility index (Phi) is 10.7. The highest BCUT2D eigenvalue weighted by Crippen LogP contribution is 2.22. The van der Waals surface area contributed by atoms with Crippen molar-refractivity contribution >= 4 is 17.8 Å². The minimum Gasteiger partial charge on any atom is -0.478 e.